The van der Waals surface area contributed by atoms with Crippen LogP contribution in [0, 0.1) is 22.7 Å². The topological polar surface area (TPSA) is 86.3 Å². The van der Waals surface area contributed by atoms with E-state index in [1.807, 2.05) is 12.1 Å². The van der Waals surface area contributed by atoms with Crippen LogP contribution in [-0.2, 0) is 4.79 Å². The Balaban J connectivity index is 2.64. The Morgan fingerprint density at radius 2 is 2.00 bits per heavy atom. The molecule has 0 aliphatic carbocycles. The minimum absolute atomic E-state index is 0.153. The molecule has 0 fully saturated rings. The number of amides is 1. The van der Waals surface area contributed by atoms with Gasteiger partial charge in [-0.1, -0.05) is 0 Å². The SMILES string of the molecule is COc1cc(C#N)cc(OCC(=O)N(C)CCC#N)c1. The van der Waals surface area contributed by atoms with Gasteiger partial charge in [0.25, 0.3) is 5.91 Å². The van der Waals surface area contributed by atoms with E-state index in [1.165, 1.54) is 18.1 Å². The largest absolute Gasteiger partial charge is 0.497 e. The van der Waals surface area contributed by atoms with Crippen LogP contribution in [-0.4, -0.2) is 38.1 Å². The second-order valence-corrected chi connectivity index (χ2v) is 4.02. The monoisotopic (exact) mass is 273 g/mol. The molecule has 0 spiro atoms. The first-order chi connectivity index (χ1) is 9.60. The Labute approximate surface area is 117 Å². The van der Waals surface area contributed by atoms with Gasteiger partial charge >= 0.3 is 0 Å². The number of nitriles is 2. The van der Waals surface area contributed by atoms with Gasteiger partial charge in [-0.2, -0.15) is 10.5 Å². The molecule has 6 heteroatoms. The van der Waals surface area contributed by atoms with Crippen LogP contribution in [0.2, 0.25) is 0 Å². The predicted molar refractivity (Wildman–Crippen MR) is 71.1 cm³/mol. The van der Waals surface area contributed by atoms with Gasteiger partial charge in [-0.15, -0.1) is 0 Å². The van der Waals surface area contributed by atoms with Crippen LogP contribution < -0.4 is 9.47 Å². The number of methoxy groups -OCH3 is 1. The lowest BCUT2D eigenvalue weighted by Gasteiger charge is -2.16. The minimum atomic E-state index is -0.235. The number of nitrogens with zero attached hydrogens (tertiary/aromatic N) is 3. The smallest absolute Gasteiger partial charge is 0.260 e. The number of likely N-dealkylation sites (N-methyl/N-ethyl adjacent to an activating group) is 1. The summed E-state index contributed by atoms with van der Waals surface area (Å²) < 4.78 is 10.4. The minimum Gasteiger partial charge on any atom is -0.497 e. The molecule has 1 rings (SSSR count). The summed E-state index contributed by atoms with van der Waals surface area (Å²) >= 11 is 0. The van der Waals surface area contributed by atoms with E-state index in [9.17, 15) is 4.79 Å². The van der Waals surface area contributed by atoms with E-state index in [2.05, 4.69) is 0 Å². The molecule has 0 bridgehead atoms. The lowest BCUT2D eigenvalue weighted by Crippen LogP contribution is -2.32. The fourth-order valence-electron chi connectivity index (χ4n) is 1.44. The molecule has 6 nitrogen and oxygen atoms in total. The predicted octanol–water partition coefficient (Wildman–Crippen LogP) is 1.32. The van der Waals surface area contributed by atoms with Crippen molar-refractivity contribution in [1.82, 2.24) is 4.90 Å². The van der Waals surface area contributed by atoms with Gasteiger partial charge < -0.3 is 14.4 Å². The van der Waals surface area contributed by atoms with Crippen molar-refractivity contribution in [1.29, 1.82) is 10.5 Å². The Kier molecular flexibility index (Phi) is 5.86. The highest BCUT2D eigenvalue weighted by molar-refractivity contribution is 5.77. The number of carbonyl (C=O) groups is 1. The average molecular weight is 273 g/mol. The van der Waals surface area contributed by atoms with Crippen LogP contribution in [0.1, 0.15) is 12.0 Å². The van der Waals surface area contributed by atoms with Crippen molar-refractivity contribution in [2.75, 3.05) is 27.3 Å². The third-order valence-corrected chi connectivity index (χ3v) is 2.59. The van der Waals surface area contributed by atoms with E-state index in [0.29, 0.717) is 23.6 Å². The molecular formula is C14H15N3O3. The molecular weight excluding hydrogens is 258 g/mol. The van der Waals surface area contributed by atoms with Crippen LogP contribution in [0.5, 0.6) is 11.5 Å². The zero-order valence-corrected chi connectivity index (χ0v) is 11.4. The normalized spacial score (nSPS) is 9.20. The first kappa shape index (κ1) is 15.3. The summed E-state index contributed by atoms with van der Waals surface area (Å²) in [5.74, 6) is 0.647. The van der Waals surface area contributed by atoms with Gasteiger partial charge in [0, 0.05) is 19.7 Å². The van der Waals surface area contributed by atoms with Crippen LogP contribution in [0.4, 0.5) is 0 Å². The number of benzene rings is 1. The molecule has 104 valence electrons. The van der Waals surface area contributed by atoms with Gasteiger partial charge in [0.05, 0.1) is 31.2 Å². The highest BCUT2D eigenvalue weighted by Gasteiger charge is 2.10. The lowest BCUT2D eigenvalue weighted by atomic mass is 10.2. The summed E-state index contributed by atoms with van der Waals surface area (Å²) in [7, 11) is 3.09. The third-order valence-electron chi connectivity index (χ3n) is 2.59. The molecule has 1 aromatic rings. The Morgan fingerprint density at radius 1 is 1.30 bits per heavy atom. The van der Waals surface area contributed by atoms with Crippen molar-refractivity contribution in [2.24, 2.45) is 0 Å². The van der Waals surface area contributed by atoms with E-state index in [0.717, 1.165) is 0 Å². The summed E-state index contributed by atoms with van der Waals surface area (Å²) in [4.78, 5) is 13.2. The van der Waals surface area contributed by atoms with Crippen molar-refractivity contribution in [3.63, 3.8) is 0 Å². The molecule has 0 atom stereocenters. The molecule has 0 aliphatic heterocycles. The van der Waals surface area contributed by atoms with Gasteiger partial charge in [-0.3, -0.25) is 4.79 Å². The maximum Gasteiger partial charge on any atom is 0.260 e. The molecule has 0 radical (unpaired) electrons. The van der Waals surface area contributed by atoms with Crippen molar-refractivity contribution >= 4 is 5.91 Å². The average Bonchev–Trinajstić information content (AvgIpc) is 2.49. The Morgan fingerprint density at radius 3 is 2.60 bits per heavy atom. The quantitative estimate of drug-likeness (QED) is 0.780. The molecule has 0 aromatic heterocycles. The van der Waals surface area contributed by atoms with E-state index in [-0.39, 0.29) is 18.9 Å². The Hall–Kier alpha value is -2.73. The first-order valence-electron chi connectivity index (χ1n) is 5.93. The molecule has 0 unspecified atom stereocenters. The molecule has 20 heavy (non-hydrogen) atoms. The zero-order chi connectivity index (χ0) is 15.0. The van der Waals surface area contributed by atoms with Crippen LogP contribution >= 0.6 is 0 Å². The number of hydrogen-bond donors (Lipinski definition) is 0. The number of ether oxygens (including phenoxy) is 2. The van der Waals surface area contributed by atoms with Crippen molar-refractivity contribution in [2.45, 2.75) is 6.42 Å². The first-order valence-corrected chi connectivity index (χ1v) is 5.93. The summed E-state index contributed by atoms with van der Waals surface area (Å²) in [6, 6.07) is 8.67. The third kappa shape index (κ3) is 4.51. The summed E-state index contributed by atoms with van der Waals surface area (Å²) in [5.41, 5.74) is 0.393. The summed E-state index contributed by atoms with van der Waals surface area (Å²) in [6.45, 7) is 0.209. The van der Waals surface area contributed by atoms with Gasteiger partial charge in [0.2, 0.25) is 0 Å². The summed E-state index contributed by atoms with van der Waals surface area (Å²) in [6.07, 6.45) is 0.278. The van der Waals surface area contributed by atoms with Crippen LogP contribution in [0.3, 0.4) is 0 Å². The van der Waals surface area contributed by atoms with E-state index in [4.69, 9.17) is 20.0 Å². The lowest BCUT2D eigenvalue weighted by molar-refractivity contribution is -0.131. The molecule has 1 amide bonds. The maximum atomic E-state index is 11.7. The van der Waals surface area contributed by atoms with E-state index < -0.39 is 0 Å². The molecule has 1 aromatic carbocycles. The number of hydrogen-bond acceptors (Lipinski definition) is 5. The molecule has 0 saturated carbocycles. The van der Waals surface area contributed by atoms with Crippen LogP contribution in [0.25, 0.3) is 0 Å². The second-order valence-electron chi connectivity index (χ2n) is 4.02. The molecule has 0 aliphatic rings. The molecule has 0 heterocycles. The number of carbonyl (C=O) groups excluding carboxylic acids is 1. The zero-order valence-electron chi connectivity index (χ0n) is 11.4. The highest BCUT2D eigenvalue weighted by Crippen LogP contribution is 2.22. The van der Waals surface area contributed by atoms with Crippen LogP contribution in [0.15, 0.2) is 18.2 Å². The summed E-state index contributed by atoms with van der Waals surface area (Å²) in [5, 5.41) is 17.3. The van der Waals surface area contributed by atoms with Crippen molar-refractivity contribution in [3.05, 3.63) is 23.8 Å². The van der Waals surface area contributed by atoms with E-state index in [1.54, 1.807) is 19.2 Å². The Bertz CT molecular complexity index is 558. The van der Waals surface area contributed by atoms with Crippen molar-refractivity contribution < 1.29 is 14.3 Å². The van der Waals surface area contributed by atoms with E-state index >= 15 is 0 Å². The van der Waals surface area contributed by atoms with Gasteiger partial charge in [-0.05, 0) is 12.1 Å². The standard InChI is InChI=1S/C14H15N3O3/c1-17(5-3-4-15)14(18)10-20-13-7-11(9-16)6-12(8-13)19-2/h6-8H,3,5,10H2,1-2H3. The fraction of sp³-hybridized carbons (Fsp3) is 0.357. The second kappa shape index (κ2) is 7.65. The van der Waals surface area contributed by atoms with Gasteiger partial charge in [0.15, 0.2) is 6.61 Å². The highest BCUT2D eigenvalue weighted by atomic mass is 16.5. The fourth-order valence-corrected chi connectivity index (χ4v) is 1.44. The van der Waals surface area contributed by atoms with Gasteiger partial charge in [-0.25, -0.2) is 0 Å². The maximum absolute atomic E-state index is 11.7. The van der Waals surface area contributed by atoms with Crippen molar-refractivity contribution in [3.8, 4) is 23.6 Å². The van der Waals surface area contributed by atoms with Gasteiger partial charge in [0.1, 0.15) is 11.5 Å². The molecule has 0 N–H and O–H groups in total. The number of rotatable bonds is 6. The molecule has 0 saturated heterocycles.